The van der Waals surface area contributed by atoms with E-state index in [1.165, 1.54) is 11.8 Å². The van der Waals surface area contributed by atoms with Gasteiger partial charge in [-0.3, -0.25) is 24.4 Å². The van der Waals surface area contributed by atoms with Gasteiger partial charge < -0.3 is 14.8 Å². The molecule has 0 saturated heterocycles. The van der Waals surface area contributed by atoms with Gasteiger partial charge in [0.05, 0.1) is 5.39 Å². The molecule has 0 aliphatic rings. The maximum Gasteiger partial charge on any atom is 0.329 e. The number of benzene rings is 1. The number of ether oxygens (including phenoxy) is 2. The quantitative estimate of drug-likeness (QED) is 0.258. The van der Waals surface area contributed by atoms with E-state index in [4.69, 9.17) is 9.47 Å². The number of nitrogens with zero attached hydrogens (tertiary/aromatic N) is 1. The Hall–Kier alpha value is -3.93. The van der Waals surface area contributed by atoms with E-state index >= 15 is 0 Å². The second-order valence-corrected chi connectivity index (χ2v) is 12.2. The Bertz CT molecular complexity index is 1500. The third-order valence-electron chi connectivity index (χ3n) is 5.22. The van der Waals surface area contributed by atoms with Crippen LogP contribution in [0, 0.1) is 0 Å². The summed E-state index contributed by atoms with van der Waals surface area (Å²) in [5.41, 5.74) is -1.23. The fraction of sp³-hybridized carbons (Fsp3) is 0.429. The number of carbonyl (C=O) groups excluding carboxylic acids is 3. The van der Waals surface area contributed by atoms with Crippen molar-refractivity contribution in [3.8, 4) is 0 Å². The SMILES string of the molecule is CC(C)(C)OC(=O)CC[C@H](NC(=O)c1ccc(SCc2cnc3[nH]c(=O)[nH]c(=O)c3c2)cc1)C(=O)OC(C)(C)C. The Morgan fingerprint density at radius 2 is 1.62 bits per heavy atom. The van der Waals surface area contributed by atoms with Crippen molar-refractivity contribution in [2.45, 2.75) is 82.3 Å². The van der Waals surface area contributed by atoms with Crippen molar-refractivity contribution < 1.29 is 23.9 Å². The molecule has 1 aromatic carbocycles. The van der Waals surface area contributed by atoms with Crippen molar-refractivity contribution in [1.82, 2.24) is 20.3 Å². The number of carbonyl (C=O) groups is 3. The number of hydrogen-bond acceptors (Lipinski definition) is 9. The number of amides is 1. The van der Waals surface area contributed by atoms with Crippen molar-refractivity contribution in [3.63, 3.8) is 0 Å². The van der Waals surface area contributed by atoms with E-state index in [0.717, 1.165) is 10.5 Å². The Kier molecular flexibility index (Phi) is 9.56. The van der Waals surface area contributed by atoms with Gasteiger partial charge in [-0.2, -0.15) is 0 Å². The van der Waals surface area contributed by atoms with Gasteiger partial charge in [0, 0.05) is 28.8 Å². The first-order chi connectivity index (χ1) is 18.6. The van der Waals surface area contributed by atoms with Crippen LogP contribution in [-0.4, -0.2) is 50.0 Å². The van der Waals surface area contributed by atoms with Gasteiger partial charge >= 0.3 is 17.6 Å². The molecule has 1 atom stereocenters. The zero-order chi connectivity index (χ0) is 29.7. The number of fused-ring (bicyclic) bond motifs is 1. The molecular formula is C28H34N4O7S. The Morgan fingerprint density at radius 1 is 0.975 bits per heavy atom. The van der Waals surface area contributed by atoms with Gasteiger partial charge in [0.2, 0.25) is 0 Å². The molecule has 1 amide bonds. The summed E-state index contributed by atoms with van der Waals surface area (Å²) >= 11 is 1.47. The molecule has 0 spiro atoms. The summed E-state index contributed by atoms with van der Waals surface area (Å²) in [5, 5.41) is 2.97. The number of rotatable bonds is 9. The fourth-order valence-electron chi connectivity index (χ4n) is 3.56. The van der Waals surface area contributed by atoms with E-state index in [9.17, 15) is 24.0 Å². The van der Waals surface area contributed by atoms with Gasteiger partial charge in [-0.15, -0.1) is 11.8 Å². The summed E-state index contributed by atoms with van der Waals surface area (Å²) in [6.45, 7) is 10.4. The summed E-state index contributed by atoms with van der Waals surface area (Å²) in [7, 11) is 0. The summed E-state index contributed by atoms with van der Waals surface area (Å²) in [6, 6.07) is 7.42. The highest BCUT2D eigenvalue weighted by atomic mass is 32.2. The van der Waals surface area contributed by atoms with Gasteiger partial charge in [-0.05, 0) is 83.9 Å². The van der Waals surface area contributed by atoms with Crippen molar-refractivity contribution in [2.75, 3.05) is 0 Å². The zero-order valence-corrected chi connectivity index (χ0v) is 24.2. The minimum atomic E-state index is -1.04. The lowest BCUT2D eigenvalue weighted by Crippen LogP contribution is -2.44. The predicted molar refractivity (Wildman–Crippen MR) is 151 cm³/mol. The molecule has 0 aliphatic carbocycles. The van der Waals surface area contributed by atoms with Crippen LogP contribution in [-0.2, 0) is 24.8 Å². The van der Waals surface area contributed by atoms with Crippen LogP contribution in [0.3, 0.4) is 0 Å². The summed E-state index contributed by atoms with van der Waals surface area (Å²) in [5.74, 6) is -1.10. The van der Waals surface area contributed by atoms with Crippen LogP contribution in [0.15, 0.2) is 51.0 Å². The Morgan fingerprint density at radius 3 is 2.25 bits per heavy atom. The number of thioether (sulfide) groups is 1. The molecule has 0 saturated carbocycles. The average molecular weight is 571 g/mol. The molecule has 0 radical (unpaired) electrons. The number of pyridine rings is 1. The van der Waals surface area contributed by atoms with Gasteiger partial charge in [-0.1, -0.05) is 0 Å². The highest BCUT2D eigenvalue weighted by Crippen LogP contribution is 2.24. The third-order valence-corrected chi connectivity index (χ3v) is 6.31. The Labute approximate surface area is 235 Å². The molecule has 3 rings (SSSR count). The maximum atomic E-state index is 13.0. The molecule has 3 aromatic rings. The van der Waals surface area contributed by atoms with Crippen molar-refractivity contribution in [3.05, 3.63) is 68.5 Å². The number of hydrogen-bond donors (Lipinski definition) is 3. The van der Waals surface area contributed by atoms with Crippen molar-refractivity contribution in [1.29, 1.82) is 0 Å². The Balaban J connectivity index is 1.64. The zero-order valence-electron chi connectivity index (χ0n) is 23.4. The summed E-state index contributed by atoms with van der Waals surface area (Å²) < 4.78 is 10.8. The first-order valence-electron chi connectivity index (χ1n) is 12.7. The van der Waals surface area contributed by atoms with E-state index in [-0.39, 0.29) is 23.9 Å². The van der Waals surface area contributed by atoms with Crippen LogP contribution in [0.25, 0.3) is 11.0 Å². The molecule has 40 heavy (non-hydrogen) atoms. The van der Waals surface area contributed by atoms with E-state index in [0.29, 0.717) is 11.3 Å². The number of aromatic amines is 2. The minimum absolute atomic E-state index is 0.0278. The van der Waals surface area contributed by atoms with Crippen molar-refractivity contribution >= 4 is 40.6 Å². The number of H-pyrrole nitrogens is 2. The monoisotopic (exact) mass is 570 g/mol. The van der Waals surface area contributed by atoms with Crippen LogP contribution in [0.4, 0.5) is 0 Å². The predicted octanol–water partition coefficient (Wildman–Crippen LogP) is 3.47. The molecule has 0 fully saturated rings. The molecule has 214 valence electrons. The van der Waals surface area contributed by atoms with Gasteiger partial charge in [0.15, 0.2) is 0 Å². The van der Waals surface area contributed by atoms with Gasteiger partial charge in [0.25, 0.3) is 11.5 Å². The van der Waals surface area contributed by atoms with Crippen molar-refractivity contribution in [2.24, 2.45) is 0 Å². The molecule has 0 aliphatic heterocycles. The molecule has 0 unspecified atom stereocenters. The van der Waals surface area contributed by atoms with Crippen LogP contribution < -0.4 is 16.6 Å². The first kappa shape index (κ1) is 30.6. The van der Waals surface area contributed by atoms with E-state index < -0.39 is 46.3 Å². The minimum Gasteiger partial charge on any atom is -0.460 e. The van der Waals surface area contributed by atoms with Gasteiger partial charge in [-0.25, -0.2) is 14.6 Å². The van der Waals surface area contributed by atoms with E-state index in [1.807, 2.05) is 0 Å². The maximum absolute atomic E-state index is 13.0. The highest BCUT2D eigenvalue weighted by Gasteiger charge is 2.28. The number of esters is 2. The number of aromatic nitrogens is 3. The van der Waals surface area contributed by atoms with E-state index in [1.54, 1.807) is 78.1 Å². The molecule has 11 nitrogen and oxygen atoms in total. The molecule has 2 heterocycles. The normalized spacial score (nSPS) is 12.6. The lowest BCUT2D eigenvalue weighted by molar-refractivity contribution is -0.158. The fourth-order valence-corrected chi connectivity index (χ4v) is 4.38. The second kappa shape index (κ2) is 12.5. The molecule has 12 heteroatoms. The largest absolute Gasteiger partial charge is 0.460 e. The highest BCUT2D eigenvalue weighted by molar-refractivity contribution is 7.98. The summed E-state index contributed by atoms with van der Waals surface area (Å²) in [6.07, 6.45) is 1.54. The lowest BCUT2D eigenvalue weighted by Gasteiger charge is -2.25. The van der Waals surface area contributed by atoms with E-state index in [2.05, 4.69) is 20.3 Å². The van der Waals surface area contributed by atoms with Crippen LogP contribution in [0.5, 0.6) is 0 Å². The van der Waals surface area contributed by atoms with Crippen LogP contribution in [0.1, 0.15) is 70.3 Å². The van der Waals surface area contributed by atoms with Crippen LogP contribution in [0.2, 0.25) is 0 Å². The second-order valence-electron chi connectivity index (χ2n) is 11.1. The topological polar surface area (TPSA) is 160 Å². The van der Waals surface area contributed by atoms with Gasteiger partial charge in [0.1, 0.15) is 22.9 Å². The molecule has 3 N–H and O–H groups in total. The molecule has 0 bridgehead atoms. The molecular weight excluding hydrogens is 536 g/mol. The number of nitrogens with one attached hydrogen (secondary N) is 3. The third kappa shape index (κ3) is 9.37. The first-order valence-corrected chi connectivity index (χ1v) is 13.7. The summed E-state index contributed by atoms with van der Waals surface area (Å²) in [4.78, 5) is 71.1. The molecule has 2 aromatic heterocycles. The standard InChI is InChI=1S/C28H34N4O7S/c1-27(2,3)38-21(33)12-11-20(25(36)39-28(4,5)6)30-23(34)17-7-9-18(10-8-17)40-15-16-13-19-22(29-14-16)31-26(37)32-24(19)35/h7-10,13-14,20H,11-12,15H2,1-6H3,(H,30,34)(H2,29,31,32,35,37)/t20-/m0/s1. The van der Waals surface area contributed by atoms with Crippen LogP contribution >= 0.6 is 11.8 Å². The lowest BCUT2D eigenvalue weighted by atomic mass is 10.1. The smallest absolute Gasteiger partial charge is 0.329 e. The average Bonchev–Trinajstić information content (AvgIpc) is 2.83.